The van der Waals surface area contributed by atoms with Gasteiger partial charge in [0.25, 0.3) is 0 Å². The smallest absolute Gasteiger partial charge is 0.124 e. The first-order chi connectivity index (χ1) is 44.1. The van der Waals surface area contributed by atoms with Gasteiger partial charge in [0.05, 0.1) is 81.1 Å². The van der Waals surface area contributed by atoms with Gasteiger partial charge in [0.2, 0.25) is 0 Å². The Bertz CT molecular complexity index is 3760. The van der Waals surface area contributed by atoms with Crippen molar-refractivity contribution in [2.24, 2.45) is 0 Å². The fourth-order valence-corrected chi connectivity index (χ4v) is 11.5. The molecule has 12 aromatic rings. The van der Waals surface area contributed by atoms with Crippen LogP contribution in [0.3, 0.4) is 0 Å². The molecule has 0 fully saturated rings. The molecular weight excluding hydrogens is 1340 g/mol. The lowest BCUT2D eigenvalue weighted by molar-refractivity contribution is -0.873. The Labute approximate surface area is 597 Å². The minimum Gasteiger partial charge on any atom is -1.00 e. The zero-order valence-corrected chi connectivity index (χ0v) is 59.9. The molecule has 12 aromatic carbocycles. The second-order valence-electron chi connectivity index (χ2n) is 25.9. The van der Waals surface area contributed by atoms with E-state index in [1.807, 2.05) is 245 Å². The van der Waals surface area contributed by atoms with Crippen molar-refractivity contribution in [3.8, 4) is 67.9 Å². The van der Waals surface area contributed by atoms with Crippen LogP contribution in [0.25, 0.3) is 98.0 Å². The Kier molecular flexibility index (Phi) is 31.0. The number of hydrogen-bond donors (Lipinski definition) is 9. The molecule has 0 aliphatic carbocycles. The van der Waals surface area contributed by atoms with E-state index in [0.717, 1.165) is 78.1 Å². The summed E-state index contributed by atoms with van der Waals surface area (Å²) in [6, 6.07) is 68.6. The monoisotopic (exact) mass is 1420 g/mol. The average molecular weight is 1420 g/mol. The standard InChI is InChI=1S/3C20H14O2.3C6H15ClNO.3ClH/c3*21-17-11-9-13-5-1-3-7-15(13)19(17)20-16-8-4-2-6-14(16)10-12-18(20)22;3*1-8(2,3)5-6(9)4-7;;;/h3*1-12,21-22H;3*6,9H,4-5H2,1-3H3;3*1H/q;;;3*+1;;;/p-3/t;;;3*6-;;;/m...000.../s1. The molecule has 0 radical (unpaired) electrons. The van der Waals surface area contributed by atoms with Crippen LogP contribution < -0.4 is 37.2 Å². The van der Waals surface area contributed by atoms with E-state index in [4.69, 9.17) is 50.1 Å². The number of aliphatic hydroxyl groups is 3. The zero-order valence-electron chi connectivity index (χ0n) is 55.4. The van der Waals surface area contributed by atoms with Gasteiger partial charge in [0, 0.05) is 33.4 Å². The van der Waals surface area contributed by atoms with Crippen LogP contribution in [0.2, 0.25) is 0 Å². The van der Waals surface area contributed by atoms with Gasteiger partial charge in [-0.3, -0.25) is 0 Å². The van der Waals surface area contributed by atoms with Crippen LogP contribution in [0.1, 0.15) is 0 Å². The number of phenolic OH excluding ortho intramolecular Hbond substituents is 6. The van der Waals surface area contributed by atoms with Gasteiger partial charge in [-0.25, -0.2) is 0 Å². The first-order valence-electron chi connectivity index (χ1n) is 30.5. The van der Waals surface area contributed by atoms with Crippen molar-refractivity contribution in [1.29, 1.82) is 0 Å². The third-order valence-electron chi connectivity index (χ3n) is 15.0. The van der Waals surface area contributed by atoms with Crippen molar-refractivity contribution in [2.75, 3.05) is 101 Å². The summed E-state index contributed by atoms with van der Waals surface area (Å²) in [5, 5.41) is 101. The molecule has 510 valence electrons. The van der Waals surface area contributed by atoms with Gasteiger partial charge in [0.1, 0.15) is 72.4 Å². The molecule has 9 N–H and O–H groups in total. The molecule has 0 saturated heterocycles. The number of alkyl halides is 3. The molecule has 0 heterocycles. The first-order valence-corrected chi connectivity index (χ1v) is 32.1. The SMILES string of the molecule is C[N+](C)(C)C[C@@H](O)CCl.C[N+](C)(C)C[C@@H](O)CCl.C[N+](C)(C)C[C@@H](O)CCl.Oc1ccc2ccccc2c1-c1c(O)ccc2ccccc12.Oc1ccc2ccccc2c1-c1c(O)ccc2ccccc12.Oc1ccc2ccccc2c1-c1c(O)ccc2ccccc12.[Cl-].[Cl-].[Cl-]. The average Bonchev–Trinajstić information content (AvgIpc) is 0.777. The molecule has 0 spiro atoms. The van der Waals surface area contributed by atoms with Gasteiger partial charge < -0.3 is 96.6 Å². The number of nitrogens with zero attached hydrogens (tertiary/aromatic N) is 3. The molecule has 0 aliphatic heterocycles. The Morgan fingerprint density at radius 2 is 0.375 bits per heavy atom. The Balaban J connectivity index is 0.000000255. The number of aliphatic hydroxyl groups excluding tert-OH is 3. The number of fused-ring (bicyclic) bond motifs is 6. The van der Waals surface area contributed by atoms with Crippen molar-refractivity contribution in [2.45, 2.75) is 18.3 Å². The van der Waals surface area contributed by atoms with E-state index in [1.54, 1.807) is 36.4 Å². The van der Waals surface area contributed by atoms with Crippen LogP contribution in [0, 0.1) is 0 Å². The molecule has 0 unspecified atom stereocenters. The summed E-state index contributed by atoms with van der Waals surface area (Å²) in [6.07, 6.45) is -1.11. The summed E-state index contributed by atoms with van der Waals surface area (Å²) in [5.74, 6) is 2.02. The number of quaternary nitrogens is 3. The topological polar surface area (TPSA) is 182 Å². The van der Waals surface area contributed by atoms with Gasteiger partial charge in [0.15, 0.2) is 0 Å². The van der Waals surface area contributed by atoms with Crippen LogP contribution in [-0.4, -0.2) is 178 Å². The summed E-state index contributed by atoms with van der Waals surface area (Å²) in [6.45, 7) is 2.14. The van der Waals surface area contributed by atoms with E-state index in [1.165, 1.54) is 0 Å². The highest BCUT2D eigenvalue weighted by molar-refractivity contribution is 6.19. The van der Waals surface area contributed by atoms with Crippen molar-refractivity contribution >= 4 is 99.4 Å². The van der Waals surface area contributed by atoms with Gasteiger partial charge >= 0.3 is 0 Å². The molecule has 12 nitrogen and oxygen atoms in total. The highest BCUT2D eigenvalue weighted by Gasteiger charge is 2.21. The maximum Gasteiger partial charge on any atom is 0.124 e. The molecule has 0 aliphatic rings. The number of hydrogen-bond acceptors (Lipinski definition) is 9. The maximum absolute atomic E-state index is 10.4. The lowest BCUT2D eigenvalue weighted by Crippen LogP contribution is -3.00. The lowest BCUT2D eigenvalue weighted by atomic mass is 9.92. The molecule has 0 aromatic heterocycles. The third-order valence-corrected chi connectivity index (χ3v) is 16.1. The first kappa shape index (κ1) is 80.9. The van der Waals surface area contributed by atoms with E-state index < -0.39 is 0 Å². The Hall–Kier alpha value is -7.50. The van der Waals surface area contributed by atoms with Crippen molar-refractivity contribution < 1.29 is 96.6 Å². The maximum atomic E-state index is 10.4. The van der Waals surface area contributed by atoms with Gasteiger partial charge in [-0.1, -0.05) is 182 Å². The fraction of sp³-hybridized carbons (Fsp3) is 0.231. The Morgan fingerprint density at radius 3 is 0.490 bits per heavy atom. The number of phenols is 6. The predicted molar refractivity (Wildman–Crippen MR) is 390 cm³/mol. The van der Waals surface area contributed by atoms with Crippen molar-refractivity contribution in [1.82, 2.24) is 0 Å². The number of aromatic hydroxyl groups is 6. The fourth-order valence-electron chi connectivity index (χ4n) is 11.2. The minimum atomic E-state index is -0.369. The summed E-state index contributed by atoms with van der Waals surface area (Å²) >= 11 is 16.2. The van der Waals surface area contributed by atoms with Crippen LogP contribution in [0.4, 0.5) is 0 Å². The number of likely N-dealkylation sites (N-methyl/N-ethyl adjacent to an activating group) is 3. The van der Waals surface area contributed by atoms with E-state index in [2.05, 4.69) is 0 Å². The summed E-state index contributed by atoms with van der Waals surface area (Å²) in [7, 11) is 18.2. The highest BCUT2D eigenvalue weighted by atomic mass is 35.5. The van der Waals surface area contributed by atoms with E-state index in [9.17, 15) is 30.6 Å². The van der Waals surface area contributed by atoms with E-state index in [-0.39, 0.29) is 90.0 Å². The number of benzene rings is 12. The van der Waals surface area contributed by atoms with Crippen molar-refractivity contribution in [3.63, 3.8) is 0 Å². The lowest BCUT2D eigenvalue weighted by Gasteiger charge is -2.25. The summed E-state index contributed by atoms with van der Waals surface area (Å²) in [5.41, 5.74) is 4.04. The van der Waals surface area contributed by atoms with Crippen LogP contribution in [0.15, 0.2) is 218 Å². The molecule has 96 heavy (non-hydrogen) atoms. The van der Waals surface area contributed by atoms with E-state index in [0.29, 0.717) is 70.7 Å². The summed E-state index contributed by atoms with van der Waals surface area (Å²) in [4.78, 5) is 0. The van der Waals surface area contributed by atoms with Crippen molar-refractivity contribution in [3.05, 3.63) is 218 Å². The minimum absolute atomic E-state index is 0. The molecule has 0 amide bonds. The number of halogens is 6. The summed E-state index contributed by atoms with van der Waals surface area (Å²) < 4.78 is 2.27. The molecule has 0 bridgehead atoms. The van der Waals surface area contributed by atoms with Crippen LogP contribution >= 0.6 is 34.8 Å². The molecule has 0 saturated carbocycles. The third kappa shape index (κ3) is 22.0. The zero-order chi connectivity index (χ0) is 67.8. The second-order valence-corrected chi connectivity index (χ2v) is 26.9. The van der Waals surface area contributed by atoms with Crippen LogP contribution in [-0.2, 0) is 0 Å². The number of rotatable bonds is 12. The molecule has 18 heteroatoms. The Morgan fingerprint density at radius 1 is 0.240 bits per heavy atom. The molecule has 3 atom stereocenters. The van der Waals surface area contributed by atoms with Crippen LogP contribution in [0.5, 0.6) is 34.5 Å². The molecular formula is C78H87Cl6N3O9. The normalized spacial score (nSPS) is 12.0. The molecule has 12 rings (SSSR count). The predicted octanol–water partition coefficient (Wildman–Crippen LogP) is 7.10. The largest absolute Gasteiger partial charge is 1.00 e. The van der Waals surface area contributed by atoms with E-state index >= 15 is 0 Å². The van der Waals surface area contributed by atoms with Gasteiger partial charge in [-0.15, -0.1) is 34.8 Å². The van der Waals surface area contributed by atoms with Gasteiger partial charge in [-0.05, 0) is 101 Å². The quantitative estimate of drug-likeness (QED) is 0.0456. The second kappa shape index (κ2) is 36.7. The highest BCUT2D eigenvalue weighted by Crippen LogP contribution is 2.47. The van der Waals surface area contributed by atoms with Gasteiger partial charge in [-0.2, -0.15) is 0 Å².